The molecule has 0 unspecified atom stereocenters. The summed E-state index contributed by atoms with van der Waals surface area (Å²) in [5.74, 6) is 0. The number of nitrogens with one attached hydrogen (secondary N) is 1. The molecule has 0 aromatic carbocycles. The highest BCUT2D eigenvalue weighted by molar-refractivity contribution is 4.34. The minimum absolute atomic E-state index is 0.257. The molecule has 0 fully saturated rings. The Kier molecular flexibility index (Phi) is 16.1. The maximum atomic E-state index is 8.20. The molecule has 2 N–H and O–H groups in total. The number of hydrogen-bond donors (Lipinski definition) is 2. The van der Waals surface area contributed by atoms with Crippen molar-refractivity contribution in [1.29, 1.82) is 0 Å². The van der Waals surface area contributed by atoms with E-state index in [1.807, 2.05) is 26.0 Å². The maximum Gasteiger partial charge on any atom is 0.0587 e. The Bertz CT molecular complexity index is 66.1. The van der Waals surface area contributed by atoms with E-state index in [0.717, 1.165) is 19.7 Å². The molecule has 12 heavy (non-hydrogen) atoms. The van der Waals surface area contributed by atoms with Gasteiger partial charge in [0.15, 0.2) is 0 Å². The second-order valence-corrected chi connectivity index (χ2v) is 2.62. The van der Waals surface area contributed by atoms with Crippen molar-refractivity contribution in [2.24, 2.45) is 0 Å². The first-order valence-electron chi connectivity index (χ1n) is 4.08. The molecule has 0 aliphatic rings. The average molecular weight is 178 g/mol. The topological polar surface area (TPSA) is 44.7 Å². The van der Waals surface area contributed by atoms with E-state index in [2.05, 4.69) is 5.32 Å². The van der Waals surface area contributed by atoms with Gasteiger partial charge in [-0.25, -0.2) is 0 Å². The number of ether oxygens (including phenoxy) is 1. The SMILES string of the molecule is CN(C)CCO.CNCCOC. The Balaban J connectivity index is 0. The molecule has 0 rings (SSSR count). The number of rotatable bonds is 5. The number of aliphatic hydroxyl groups excluding tert-OH is 1. The summed E-state index contributed by atoms with van der Waals surface area (Å²) in [4.78, 5) is 1.93. The van der Waals surface area contributed by atoms with Gasteiger partial charge in [0.05, 0.1) is 13.2 Å². The summed E-state index contributed by atoms with van der Waals surface area (Å²) in [5.41, 5.74) is 0. The summed E-state index contributed by atoms with van der Waals surface area (Å²) >= 11 is 0. The first-order valence-corrected chi connectivity index (χ1v) is 4.08. The molecule has 0 saturated carbocycles. The van der Waals surface area contributed by atoms with E-state index in [-0.39, 0.29) is 6.61 Å². The molecule has 0 amide bonds. The largest absolute Gasteiger partial charge is 0.395 e. The van der Waals surface area contributed by atoms with Crippen LogP contribution in [0.15, 0.2) is 0 Å². The molecule has 0 aliphatic heterocycles. The molecule has 0 bridgehead atoms. The van der Waals surface area contributed by atoms with Gasteiger partial charge >= 0.3 is 0 Å². The molecule has 0 aliphatic carbocycles. The van der Waals surface area contributed by atoms with Crippen LogP contribution in [0, 0.1) is 0 Å². The summed E-state index contributed by atoms with van der Waals surface area (Å²) in [5, 5.41) is 11.1. The van der Waals surface area contributed by atoms with Crippen molar-refractivity contribution in [2.75, 3.05) is 54.6 Å². The zero-order valence-electron chi connectivity index (χ0n) is 8.63. The molecule has 0 aromatic rings. The first-order chi connectivity index (χ1) is 5.68. The zero-order valence-corrected chi connectivity index (χ0v) is 8.63. The highest BCUT2D eigenvalue weighted by Crippen LogP contribution is 1.66. The van der Waals surface area contributed by atoms with E-state index < -0.39 is 0 Å². The lowest BCUT2D eigenvalue weighted by Crippen LogP contribution is -2.15. The molecular weight excluding hydrogens is 156 g/mol. The van der Waals surface area contributed by atoms with Crippen LogP contribution in [0.4, 0.5) is 0 Å². The molecule has 4 heteroatoms. The highest BCUT2D eigenvalue weighted by atomic mass is 16.5. The van der Waals surface area contributed by atoms with Crippen LogP contribution in [-0.2, 0) is 4.74 Å². The number of methoxy groups -OCH3 is 1. The molecule has 0 saturated heterocycles. The van der Waals surface area contributed by atoms with Crippen LogP contribution in [0.2, 0.25) is 0 Å². The summed E-state index contributed by atoms with van der Waals surface area (Å²) in [6.45, 7) is 2.76. The molecule has 4 nitrogen and oxygen atoms in total. The van der Waals surface area contributed by atoms with Gasteiger partial charge < -0.3 is 20.1 Å². The third-order valence-electron chi connectivity index (χ3n) is 1.10. The Morgan fingerprint density at radius 1 is 1.42 bits per heavy atom. The van der Waals surface area contributed by atoms with E-state index in [4.69, 9.17) is 9.84 Å². The van der Waals surface area contributed by atoms with Crippen LogP contribution in [0.5, 0.6) is 0 Å². The van der Waals surface area contributed by atoms with Crippen molar-refractivity contribution in [3.63, 3.8) is 0 Å². The standard InChI is InChI=1S/2C4H11NO/c1-5-3-4-6-2;1-5(2)3-4-6/h5H,3-4H2,1-2H3;6H,3-4H2,1-2H3. The molecular formula is C8H22N2O2. The summed E-state index contributed by atoms with van der Waals surface area (Å²) in [6.07, 6.45) is 0. The van der Waals surface area contributed by atoms with Crippen molar-refractivity contribution < 1.29 is 9.84 Å². The van der Waals surface area contributed by atoms with Crippen molar-refractivity contribution in [3.8, 4) is 0 Å². The van der Waals surface area contributed by atoms with Gasteiger partial charge in [0, 0.05) is 20.2 Å². The van der Waals surface area contributed by atoms with Gasteiger partial charge in [-0.2, -0.15) is 0 Å². The fraction of sp³-hybridized carbons (Fsp3) is 1.00. The Morgan fingerprint density at radius 3 is 2.08 bits per heavy atom. The quantitative estimate of drug-likeness (QED) is 0.551. The highest BCUT2D eigenvalue weighted by Gasteiger charge is 1.80. The lowest BCUT2D eigenvalue weighted by Gasteiger charge is -2.03. The second kappa shape index (κ2) is 13.4. The fourth-order valence-corrected chi connectivity index (χ4v) is 0.404. The van der Waals surface area contributed by atoms with Crippen LogP contribution >= 0.6 is 0 Å². The minimum Gasteiger partial charge on any atom is -0.395 e. The number of nitrogens with zero attached hydrogens (tertiary/aromatic N) is 1. The Morgan fingerprint density at radius 2 is 2.00 bits per heavy atom. The van der Waals surface area contributed by atoms with E-state index >= 15 is 0 Å². The number of aliphatic hydroxyl groups is 1. The van der Waals surface area contributed by atoms with Gasteiger partial charge in [0.1, 0.15) is 0 Å². The number of likely N-dealkylation sites (N-methyl/N-ethyl adjacent to an activating group) is 2. The average Bonchev–Trinajstić information content (AvgIpc) is 2.02. The van der Waals surface area contributed by atoms with Gasteiger partial charge in [0.25, 0.3) is 0 Å². The lowest BCUT2D eigenvalue weighted by molar-refractivity contribution is 0.201. The van der Waals surface area contributed by atoms with Crippen LogP contribution in [0.25, 0.3) is 0 Å². The maximum absolute atomic E-state index is 8.20. The third kappa shape index (κ3) is 22.5. The first kappa shape index (κ1) is 14.4. The fourth-order valence-electron chi connectivity index (χ4n) is 0.404. The Hall–Kier alpha value is -0.160. The monoisotopic (exact) mass is 178 g/mol. The predicted molar refractivity (Wildman–Crippen MR) is 51.4 cm³/mol. The second-order valence-electron chi connectivity index (χ2n) is 2.62. The van der Waals surface area contributed by atoms with Crippen molar-refractivity contribution in [2.45, 2.75) is 0 Å². The van der Waals surface area contributed by atoms with E-state index in [0.29, 0.717) is 0 Å². The van der Waals surface area contributed by atoms with Crippen molar-refractivity contribution in [1.82, 2.24) is 10.2 Å². The smallest absolute Gasteiger partial charge is 0.0587 e. The van der Waals surface area contributed by atoms with Crippen LogP contribution < -0.4 is 5.32 Å². The summed E-state index contributed by atoms with van der Waals surface area (Å²) < 4.78 is 4.72. The normalized spacial score (nSPS) is 9.50. The molecule has 0 heterocycles. The van der Waals surface area contributed by atoms with Crippen LogP contribution in [0.1, 0.15) is 0 Å². The molecule has 0 radical (unpaired) electrons. The van der Waals surface area contributed by atoms with E-state index in [1.54, 1.807) is 7.11 Å². The zero-order chi connectivity index (χ0) is 9.82. The molecule has 0 atom stereocenters. The lowest BCUT2D eigenvalue weighted by atomic mass is 10.6. The van der Waals surface area contributed by atoms with Crippen LogP contribution in [0.3, 0.4) is 0 Å². The van der Waals surface area contributed by atoms with Crippen molar-refractivity contribution in [3.05, 3.63) is 0 Å². The third-order valence-corrected chi connectivity index (χ3v) is 1.10. The summed E-state index contributed by atoms with van der Waals surface area (Å²) in [6, 6.07) is 0. The van der Waals surface area contributed by atoms with Gasteiger partial charge in [-0.15, -0.1) is 0 Å². The van der Waals surface area contributed by atoms with Gasteiger partial charge in [0.2, 0.25) is 0 Å². The molecule has 0 spiro atoms. The minimum atomic E-state index is 0.257. The van der Waals surface area contributed by atoms with Gasteiger partial charge in [-0.3, -0.25) is 0 Å². The molecule has 76 valence electrons. The number of hydrogen-bond acceptors (Lipinski definition) is 4. The van der Waals surface area contributed by atoms with Gasteiger partial charge in [-0.05, 0) is 21.1 Å². The van der Waals surface area contributed by atoms with E-state index in [9.17, 15) is 0 Å². The van der Waals surface area contributed by atoms with E-state index in [1.165, 1.54) is 0 Å². The Labute approximate surface area is 75.5 Å². The van der Waals surface area contributed by atoms with Crippen molar-refractivity contribution >= 4 is 0 Å². The van der Waals surface area contributed by atoms with Gasteiger partial charge in [-0.1, -0.05) is 0 Å². The molecule has 0 aromatic heterocycles. The predicted octanol–water partition coefficient (Wildman–Crippen LogP) is -0.607. The van der Waals surface area contributed by atoms with Crippen LogP contribution in [-0.4, -0.2) is 64.6 Å². The summed E-state index contributed by atoms with van der Waals surface area (Å²) in [7, 11) is 7.45.